The van der Waals surface area contributed by atoms with Crippen LogP contribution in [0.15, 0.2) is 24.3 Å². The van der Waals surface area contributed by atoms with Gasteiger partial charge in [0, 0.05) is 11.4 Å². The molecule has 0 saturated carbocycles. The van der Waals surface area contributed by atoms with Crippen molar-refractivity contribution in [2.75, 3.05) is 0 Å². The third-order valence-corrected chi connectivity index (χ3v) is 2.14. The Balaban J connectivity index is 3.06. The number of benzene rings is 1. The van der Waals surface area contributed by atoms with Gasteiger partial charge < -0.3 is 0 Å². The lowest BCUT2D eigenvalue weighted by molar-refractivity contribution is -0.289. The zero-order valence-electron chi connectivity index (χ0n) is 7.28. The van der Waals surface area contributed by atoms with Gasteiger partial charge in [0.05, 0.1) is 0 Å². The molecule has 0 aliphatic carbocycles. The second kappa shape index (κ2) is 3.96. The van der Waals surface area contributed by atoms with Crippen molar-refractivity contribution >= 4 is 11.6 Å². The van der Waals surface area contributed by atoms with Crippen LogP contribution in [0.1, 0.15) is 11.1 Å². The van der Waals surface area contributed by atoms with Gasteiger partial charge in [0.2, 0.25) is 0 Å². The van der Waals surface area contributed by atoms with Crippen molar-refractivity contribution in [2.24, 2.45) is 0 Å². The Labute approximate surface area is 87.7 Å². The highest BCUT2D eigenvalue weighted by molar-refractivity contribution is 6.17. The van der Waals surface area contributed by atoms with Crippen LogP contribution < -0.4 is 0 Å². The summed E-state index contributed by atoms with van der Waals surface area (Å²) in [6.07, 6.45) is -5.57. The number of hydrogen-bond donors (Lipinski definition) is 0. The number of halogens is 6. The zero-order valence-corrected chi connectivity index (χ0v) is 8.04. The predicted molar refractivity (Wildman–Crippen MR) is 45.9 cm³/mol. The van der Waals surface area contributed by atoms with E-state index in [1.165, 1.54) is 0 Å². The van der Waals surface area contributed by atoms with Crippen molar-refractivity contribution in [1.29, 1.82) is 0 Å². The Morgan fingerprint density at radius 3 is 1.73 bits per heavy atom. The summed E-state index contributed by atoms with van der Waals surface area (Å²) in [5, 5.41) is 0. The van der Waals surface area contributed by atoms with Crippen LogP contribution in [0.25, 0.3) is 0 Å². The van der Waals surface area contributed by atoms with Crippen molar-refractivity contribution in [1.82, 2.24) is 0 Å². The summed E-state index contributed by atoms with van der Waals surface area (Å²) in [5.41, 5.74) is -0.595. The maximum Gasteiger partial charge on any atom is 0.458 e. The Bertz CT molecular complexity index is 327. The van der Waals surface area contributed by atoms with Gasteiger partial charge >= 0.3 is 12.1 Å². The second-order valence-electron chi connectivity index (χ2n) is 2.90. The molecule has 0 aliphatic rings. The highest BCUT2D eigenvalue weighted by atomic mass is 35.5. The molecule has 1 aromatic rings. The topological polar surface area (TPSA) is 0 Å². The largest absolute Gasteiger partial charge is 0.458 e. The van der Waals surface area contributed by atoms with E-state index in [0.29, 0.717) is 5.56 Å². The van der Waals surface area contributed by atoms with Gasteiger partial charge in [0.25, 0.3) is 0 Å². The van der Waals surface area contributed by atoms with Gasteiger partial charge in [-0.25, -0.2) is 0 Å². The van der Waals surface area contributed by atoms with Gasteiger partial charge in [0.1, 0.15) is 0 Å². The van der Waals surface area contributed by atoms with Crippen LogP contribution in [0, 0.1) is 0 Å². The third kappa shape index (κ3) is 2.40. The van der Waals surface area contributed by atoms with E-state index in [9.17, 15) is 22.0 Å². The molecule has 84 valence electrons. The van der Waals surface area contributed by atoms with Crippen molar-refractivity contribution in [3.05, 3.63) is 35.4 Å². The first-order valence-corrected chi connectivity index (χ1v) is 4.42. The Morgan fingerprint density at radius 1 is 0.933 bits per heavy atom. The molecule has 0 atom stereocenters. The molecule has 0 fully saturated rings. The SMILES string of the molecule is FC(F)(F)C(F)(F)c1ccc(CCl)cc1. The number of hydrogen-bond acceptors (Lipinski definition) is 0. The Kier molecular flexibility index (Phi) is 3.23. The molecule has 0 aliphatic heterocycles. The summed E-state index contributed by atoms with van der Waals surface area (Å²) in [6.45, 7) is 0. The summed E-state index contributed by atoms with van der Waals surface area (Å²) in [6, 6.07) is 3.74. The molecule has 0 spiro atoms. The van der Waals surface area contributed by atoms with Crippen molar-refractivity contribution < 1.29 is 22.0 Å². The maximum absolute atomic E-state index is 12.7. The van der Waals surface area contributed by atoms with Gasteiger partial charge in [0.15, 0.2) is 0 Å². The van der Waals surface area contributed by atoms with E-state index < -0.39 is 17.7 Å². The van der Waals surface area contributed by atoms with Gasteiger partial charge in [-0.2, -0.15) is 22.0 Å². The highest BCUT2D eigenvalue weighted by Gasteiger charge is 2.58. The molecule has 0 aromatic heterocycles. The molecule has 6 heteroatoms. The van der Waals surface area contributed by atoms with Gasteiger partial charge in [-0.15, -0.1) is 11.6 Å². The van der Waals surface area contributed by atoms with Gasteiger partial charge in [-0.05, 0) is 5.56 Å². The number of alkyl halides is 6. The first-order chi connectivity index (χ1) is 6.79. The summed E-state index contributed by atoms with van der Waals surface area (Å²) < 4.78 is 61.3. The van der Waals surface area contributed by atoms with Crippen LogP contribution >= 0.6 is 11.6 Å². The van der Waals surface area contributed by atoms with E-state index in [4.69, 9.17) is 11.6 Å². The fourth-order valence-electron chi connectivity index (χ4n) is 0.967. The van der Waals surface area contributed by atoms with Gasteiger partial charge in [-0.3, -0.25) is 0 Å². The summed E-state index contributed by atoms with van der Waals surface area (Å²) in [4.78, 5) is 0. The quantitative estimate of drug-likeness (QED) is 0.543. The molecule has 0 unspecified atom stereocenters. The molecule has 15 heavy (non-hydrogen) atoms. The third-order valence-electron chi connectivity index (χ3n) is 1.83. The summed E-state index contributed by atoms with van der Waals surface area (Å²) in [7, 11) is 0. The van der Waals surface area contributed by atoms with E-state index in [2.05, 4.69) is 0 Å². The van der Waals surface area contributed by atoms with Crippen LogP contribution in [-0.2, 0) is 11.8 Å². The van der Waals surface area contributed by atoms with Crippen LogP contribution in [0.5, 0.6) is 0 Å². The van der Waals surface area contributed by atoms with Crippen LogP contribution in [0.2, 0.25) is 0 Å². The molecular weight excluding hydrogens is 239 g/mol. The first kappa shape index (κ1) is 12.2. The van der Waals surface area contributed by atoms with Crippen molar-refractivity contribution in [3.63, 3.8) is 0 Å². The lowest BCUT2D eigenvalue weighted by Crippen LogP contribution is -2.33. The standard InChI is InChI=1S/C9H6ClF5/c10-5-6-1-3-7(4-2-6)8(11,12)9(13,14)15/h1-4H,5H2. The van der Waals surface area contributed by atoms with E-state index in [1.54, 1.807) is 0 Å². The molecule has 0 heterocycles. The maximum atomic E-state index is 12.7. The van der Waals surface area contributed by atoms with Crippen LogP contribution in [0.4, 0.5) is 22.0 Å². The normalized spacial score (nSPS) is 12.9. The first-order valence-electron chi connectivity index (χ1n) is 3.89. The Hall–Kier alpha value is -0.840. The van der Waals surface area contributed by atoms with Crippen molar-refractivity contribution in [3.8, 4) is 0 Å². The monoisotopic (exact) mass is 244 g/mol. The molecule has 0 saturated heterocycles. The molecule has 0 N–H and O–H groups in total. The van der Waals surface area contributed by atoms with E-state index in [0.717, 1.165) is 24.3 Å². The molecule has 0 amide bonds. The molecule has 1 rings (SSSR count). The average molecular weight is 245 g/mol. The van der Waals surface area contributed by atoms with E-state index in [1.807, 2.05) is 0 Å². The lowest BCUT2D eigenvalue weighted by Gasteiger charge is -2.19. The molecule has 0 bridgehead atoms. The van der Waals surface area contributed by atoms with E-state index >= 15 is 0 Å². The Morgan fingerprint density at radius 2 is 1.40 bits per heavy atom. The fraction of sp³-hybridized carbons (Fsp3) is 0.333. The van der Waals surface area contributed by atoms with E-state index in [-0.39, 0.29) is 5.88 Å². The second-order valence-corrected chi connectivity index (χ2v) is 3.17. The van der Waals surface area contributed by atoms with Crippen LogP contribution in [0.3, 0.4) is 0 Å². The summed E-state index contributed by atoms with van der Waals surface area (Å²) in [5.74, 6) is -4.75. The molecule has 1 aromatic carbocycles. The predicted octanol–water partition coefficient (Wildman–Crippen LogP) is 4.08. The molecule has 0 radical (unpaired) electrons. The zero-order chi connectivity index (χ0) is 11.7. The minimum absolute atomic E-state index is 0.0673. The lowest BCUT2D eigenvalue weighted by atomic mass is 10.1. The molecular formula is C9H6ClF5. The average Bonchev–Trinajstić information content (AvgIpc) is 2.16. The minimum atomic E-state index is -5.57. The highest BCUT2D eigenvalue weighted by Crippen LogP contribution is 2.43. The smallest absolute Gasteiger partial charge is 0.191 e. The van der Waals surface area contributed by atoms with Crippen LogP contribution in [-0.4, -0.2) is 6.18 Å². The van der Waals surface area contributed by atoms with Gasteiger partial charge in [-0.1, -0.05) is 24.3 Å². The fourth-order valence-corrected chi connectivity index (χ4v) is 1.14. The summed E-state index contributed by atoms with van der Waals surface area (Å²) >= 11 is 5.37. The molecule has 0 nitrogen and oxygen atoms in total. The minimum Gasteiger partial charge on any atom is -0.191 e. The van der Waals surface area contributed by atoms with Crippen molar-refractivity contribution in [2.45, 2.75) is 18.0 Å². The number of rotatable bonds is 2.